The molecule has 0 amide bonds. The molecule has 1 aliphatic heterocycles. The van der Waals surface area contributed by atoms with Crippen LogP contribution in [-0.2, 0) is 7.05 Å². The second-order valence-corrected chi connectivity index (χ2v) is 4.51. The Morgan fingerprint density at radius 3 is 3.06 bits per heavy atom. The van der Waals surface area contributed by atoms with Crippen LogP contribution in [-0.4, -0.2) is 27.1 Å². The van der Waals surface area contributed by atoms with E-state index in [1.807, 2.05) is 6.07 Å². The maximum Gasteiger partial charge on any atom is 0.177 e. The van der Waals surface area contributed by atoms with Crippen molar-refractivity contribution < 1.29 is 0 Å². The quantitative estimate of drug-likeness (QED) is 0.784. The molecule has 1 aliphatic rings. The van der Waals surface area contributed by atoms with E-state index in [4.69, 9.17) is 0 Å². The highest BCUT2D eigenvalue weighted by Gasteiger charge is 2.28. The van der Waals surface area contributed by atoms with Gasteiger partial charge in [0.2, 0.25) is 0 Å². The number of aromatic nitrogens is 3. The molecule has 16 heavy (non-hydrogen) atoms. The Morgan fingerprint density at radius 2 is 2.38 bits per heavy atom. The van der Waals surface area contributed by atoms with E-state index in [1.165, 1.54) is 6.42 Å². The smallest absolute Gasteiger partial charge is 0.177 e. The van der Waals surface area contributed by atoms with Crippen LogP contribution in [0.4, 0.5) is 0 Å². The van der Waals surface area contributed by atoms with Gasteiger partial charge in [0.25, 0.3) is 0 Å². The van der Waals surface area contributed by atoms with Crippen LogP contribution in [0.5, 0.6) is 0 Å². The number of nitrogens with zero attached hydrogens (tertiary/aromatic N) is 3. The van der Waals surface area contributed by atoms with E-state index in [1.54, 1.807) is 6.20 Å². The monoisotopic (exact) mass is 216 g/mol. The van der Waals surface area contributed by atoms with Gasteiger partial charge in [-0.3, -0.25) is 0 Å². The molecule has 4 nitrogen and oxygen atoms in total. The van der Waals surface area contributed by atoms with Gasteiger partial charge in [0.05, 0.1) is 5.52 Å². The van der Waals surface area contributed by atoms with Crippen molar-refractivity contribution in [2.75, 3.05) is 6.54 Å². The first kappa shape index (κ1) is 9.78. The predicted octanol–water partition coefficient (Wildman–Crippen LogP) is 1.43. The van der Waals surface area contributed by atoms with Crippen molar-refractivity contribution in [3.63, 3.8) is 0 Å². The van der Waals surface area contributed by atoms with Crippen LogP contribution in [0, 0.1) is 0 Å². The van der Waals surface area contributed by atoms with Crippen LogP contribution in [0.3, 0.4) is 0 Å². The van der Waals surface area contributed by atoms with Crippen LogP contribution in [0.1, 0.15) is 25.1 Å². The highest BCUT2D eigenvalue weighted by molar-refractivity contribution is 5.71. The molecule has 84 valence electrons. The second kappa shape index (κ2) is 3.56. The van der Waals surface area contributed by atoms with Crippen LogP contribution >= 0.6 is 0 Å². The maximum absolute atomic E-state index is 4.66. The zero-order valence-corrected chi connectivity index (χ0v) is 9.64. The molecule has 0 bridgehead atoms. The van der Waals surface area contributed by atoms with Gasteiger partial charge in [-0.15, -0.1) is 0 Å². The fourth-order valence-corrected chi connectivity index (χ4v) is 2.59. The fourth-order valence-electron chi connectivity index (χ4n) is 2.59. The summed E-state index contributed by atoms with van der Waals surface area (Å²) in [4.78, 5) is 8.96. The van der Waals surface area contributed by atoms with Crippen molar-refractivity contribution in [1.29, 1.82) is 0 Å². The Bertz CT molecular complexity index is 517. The number of rotatable bonds is 1. The SMILES string of the molecule is CC1NCCC1c1nc2ncccc2n1C. The van der Waals surface area contributed by atoms with Gasteiger partial charge in [-0.1, -0.05) is 0 Å². The number of imidazole rings is 1. The summed E-state index contributed by atoms with van der Waals surface area (Å²) in [6.07, 6.45) is 2.97. The van der Waals surface area contributed by atoms with Crippen molar-refractivity contribution >= 4 is 11.2 Å². The lowest BCUT2D eigenvalue weighted by molar-refractivity contribution is 0.554. The van der Waals surface area contributed by atoms with Crippen molar-refractivity contribution in [1.82, 2.24) is 19.9 Å². The summed E-state index contributed by atoms with van der Waals surface area (Å²) in [5.74, 6) is 1.67. The molecule has 0 aliphatic carbocycles. The Hall–Kier alpha value is -1.42. The van der Waals surface area contributed by atoms with E-state index >= 15 is 0 Å². The van der Waals surface area contributed by atoms with E-state index in [-0.39, 0.29) is 0 Å². The lowest BCUT2D eigenvalue weighted by atomic mass is 10.0. The summed E-state index contributed by atoms with van der Waals surface area (Å²) in [6, 6.07) is 4.55. The summed E-state index contributed by atoms with van der Waals surface area (Å²) in [5.41, 5.74) is 1.98. The third kappa shape index (κ3) is 1.33. The maximum atomic E-state index is 4.66. The van der Waals surface area contributed by atoms with Gasteiger partial charge in [-0.2, -0.15) is 0 Å². The van der Waals surface area contributed by atoms with E-state index < -0.39 is 0 Å². The summed E-state index contributed by atoms with van der Waals surface area (Å²) in [7, 11) is 2.08. The third-order valence-corrected chi connectivity index (χ3v) is 3.55. The summed E-state index contributed by atoms with van der Waals surface area (Å²) < 4.78 is 2.18. The molecule has 2 aromatic heterocycles. The lowest BCUT2D eigenvalue weighted by Gasteiger charge is -2.14. The minimum Gasteiger partial charge on any atom is -0.329 e. The van der Waals surface area contributed by atoms with Crippen LogP contribution in [0.15, 0.2) is 18.3 Å². The van der Waals surface area contributed by atoms with Crippen molar-refractivity contribution in [3.05, 3.63) is 24.2 Å². The molecular weight excluding hydrogens is 200 g/mol. The van der Waals surface area contributed by atoms with Gasteiger partial charge in [0.1, 0.15) is 5.82 Å². The van der Waals surface area contributed by atoms with Crippen molar-refractivity contribution in [2.45, 2.75) is 25.3 Å². The molecule has 3 heterocycles. The molecule has 0 saturated carbocycles. The molecular formula is C12H16N4. The fraction of sp³-hybridized carbons (Fsp3) is 0.500. The van der Waals surface area contributed by atoms with Gasteiger partial charge >= 0.3 is 0 Å². The normalized spacial score (nSPS) is 25.4. The molecule has 2 aromatic rings. The summed E-state index contributed by atoms with van der Waals surface area (Å²) in [5, 5.41) is 3.47. The van der Waals surface area contributed by atoms with E-state index in [9.17, 15) is 0 Å². The lowest BCUT2D eigenvalue weighted by Crippen LogP contribution is -2.23. The zero-order valence-electron chi connectivity index (χ0n) is 9.64. The highest BCUT2D eigenvalue weighted by atomic mass is 15.1. The molecule has 1 N–H and O–H groups in total. The Morgan fingerprint density at radius 1 is 1.50 bits per heavy atom. The topological polar surface area (TPSA) is 42.7 Å². The number of hydrogen-bond donors (Lipinski definition) is 1. The Kier molecular flexibility index (Phi) is 2.17. The van der Waals surface area contributed by atoms with Gasteiger partial charge in [0.15, 0.2) is 5.65 Å². The highest BCUT2D eigenvalue weighted by Crippen LogP contribution is 2.28. The Labute approximate surface area is 94.7 Å². The molecule has 4 heteroatoms. The molecule has 1 fully saturated rings. The molecule has 0 radical (unpaired) electrons. The van der Waals surface area contributed by atoms with Gasteiger partial charge in [-0.25, -0.2) is 9.97 Å². The third-order valence-electron chi connectivity index (χ3n) is 3.55. The van der Waals surface area contributed by atoms with E-state index in [2.05, 4.69) is 39.9 Å². The summed E-state index contributed by atoms with van der Waals surface area (Å²) in [6.45, 7) is 3.31. The first-order valence-electron chi connectivity index (χ1n) is 5.78. The van der Waals surface area contributed by atoms with Crippen LogP contribution in [0.25, 0.3) is 11.2 Å². The van der Waals surface area contributed by atoms with E-state index in [0.29, 0.717) is 12.0 Å². The predicted molar refractivity (Wildman–Crippen MR) is 63.3 cm³/mol. The van der Waals surface area contributed by atoms with Gasteiger partial charge in [0, 0.05) is 25.2 Å². The summed E-state index contributed by atoms with van der Waals surface area (Å²) >= 11 is 0. The number of nitrogens with one attached hydrogen (secondary N) is 1. The number of pyridine rings is 1. The number of fused-ring (bicyclic) bond motifs is 1. The Balaban J connectivity index is 2.13. The van der Waals surface area contributed by atoms with Gasteiger partial charge < -0.3 is 9.88 Å². The number of hydrogen-bond acceptors (Lipinski definition) is 3. The zero-order chi connectivity index (χ0) is 11.1. The average molecular weight is 216 g/mol. The van der Waals surface area contributed by atoms with Crippen LogP contribution in [0.2, 0.25) is 0 Å². The number of aryl methyl sites for hydroxylation is 1. The minimum absolute atomic E-state index is 0.510. The standard InChI is InChI=1S/C12H16N4/c1-8-9(5-7-13-8)12-15-11-10(16(12)2)4-3-6-14-11/h3-4,6,8-9,13H,5,7H2,1-2H3. The molecule has 1 saturated heterocycles. The second-order valence-electron chi connectivity index (χ2n) is 4.51. The van der Waals surface area contributed by atoms with E-state index in [0.717, 1.165) is 23.5 Å². The first-order valence-corrected chi connectivity index (χ1v) is 5.78. The average Bonchev–Trinajstić information content (AvgIpc) is 2.84. The van der Waals surface area contributed by atoms with Crippen molar-refractivity contribution in [3.8, 4) is 0 Å². The molecule has 2 unspecified atom stereocenters. The van der Waals surface area contributed by atoms with Crippen LogP contribution < -0.4 is 5.32 Å². The molecule has 3 rings (SSSR count). The largest absolute Gasteiger partial charge is 0.329 e. The molecule has 0 spiro atoms. The first-order chi connectivity index (χ1) is 7.77. The van der Waals surface area contributed by atoms with Crippen molar-refractivity contribution in [2.24, 2.45) is 7.05 Å². The molecule has 0 aromatic carbocycles. The minimum atomic E-state index is 0.510. The van der Waals surface area contributed by atoms with Gasteiger partial charge in [-0.05, 0) is 32.0 Å². The molecule has 2 atom stereocenters.